The van der Waals surface area contributed by atoms with Gasteiger partial charge in [0, 0.05) is 5.57 Å². The second-order valence-corrected chi connectivity index (χ2v) is 4.58. The summed E-state index contributed by atoms with van der Waals surface area (Å²) < 4.78 is 14.4. The van der Waals surface area contributed by atoms with Crippen molar-refractivity contribution in [2.45, 2.75) is 53.9 Å². The number of halogens is 1. The van der Waals surface area contributed by atoms with Gasteiger partial charge in [0.1, 0.15) is 17.5 Å². The normalized spacial score (nSPS) is 15.4. The minimum Gasteiger partial charge on any atom is -0.294 e. The predicted molar refractivity (Wildman–Crippen MR) is 71.5 cm³/mol. The Morgan fingerprint density at radius 1 is 1.33 bits per heavy atom. The van der Waals surface area contributed by atoms with E-state index in [2.05, 4.69) is 0 Å². The zero-order chi connectivity index (χ0) is 14.3. The lowest BCUT2D eigenvalue weighted by Gasteiger charge is -2.14. The number of rotatable bonds is 6. The molecule has 0 aromatic rings. The number of nitrogens with zero attached hydrogens (tertiary/aromatic N) is 1. The van der Waals surface area contributed by atoms with E-state index in [1.165, 1.54) is 6.92 Å². The summed E-state index contributed by atoms with van der Waals surface area (Å²) in [7, 11) is 0. The molecule has 0 bridgehead atoms. The molecule has 1 unspecified atom stereocenters. The minimum atomic E-state index is -0.377. The molecular formula is C15H22FNO. The van der Waals surface area contributed by atoms with E-state index in [1.54, 1.807) is 6.92 Å². The fourth-order valence-electron chi connectivity index (χ4n) is 1.71. The van der Waals surface area contributed by atoms with Crippen molar-refractivity contribution in [3.05, 3.63) is 22.5 Å². The zero-order valence-corrected chi connectivity index (χ0v) is 11.9. The smallest absolute Gasteiger partial charge is 0.170 e. The second-order valence-electron chi connectivity index (χ2n) is 4.58. The highest BCUT2D eigenvalue weighted by atomic mass is 19.1. The van der Waals surface area contributed by atoms with E-state index in [1.807, 2.05) is 26.8 Å². The Labute approximate surface area is 109 Å². The van der Waals surface area contributed by atoms with Crippen molar-refractivity contribution in [2.24, 2.45) is 5.92 Å². The van der Waals surface area contributed by atoms with Crippen molar-refractivity contribution >= 4 is 5.78 Å². The number of hydrogen-bond donors (Lipinski definition) is 0. The van der Waals surface area contributed by atoms with Gasteiger partial charge in [0.15, 0.2) is 5.78 Å². The summed E-state index contributed by atoms with van der Waals surface area (Å²) in [6.45, 7) is 8.87. The van der Waals surface area contributed by atoms with Crippen LogP contribution in [0.2, 0.25) is 0 Å². The van der Waals surface area contributed by atoms with Gasteiger partial charge in [0.25, 0.3) is 0 Å². The van der Waals surface area contributed by atoms with E-state index in [0.717, 1.165) is 6.42 Å². The molecule has 0 aliphatic carbocycles. The van der Waals surface area contributed by atoms with E-state index < -0.39 is 0 Å². The van der Waals surface area contributed by atoms with Crippen molar-refractivity contribution in [1.29, 1.82) is 5.26 Å². The summed E-state index contributed by atoms with van der Waals surface area (Å²) in [6.07, 6.45) is 1.96. The Bertz CT molecular complexity index is 413. The molecule has 0 radical (unpaired) electrons. The summed E-state index contributed by atoms with van der Waals surface area (Å²) >= 11 is 0. The van der Waals surface area contributed by atoms with Gasteiger partial charge in [-0.05, 0) is 38.2 Å². The van der Waals surface area contributed by atoms with E-state index in [0.29, 0.717) is 18.4 Å². The van der Waals surface area contributed by atoms with Gasteiger partial charge in [-0.3, -0.25) is 4.79 Å². The molecule has 0 heterocycles. The SMILES string of the molecule is CCCC(C(F)=C(C)C(C)CC)=C(C#N)C(C)=O. The lowest BCUT2D eigenvalue weighted by atomic mass is 9.92. The van der Waals surface area contributed by atoms with Crippen molar-refractivity contribution in [3.8, 4) is 6.07 Å². The van der Waals surface area contributed by atoms with Crippen LogP contribution < -0.4 is 0 Å². The summed E-state index contributed by atoms with van der Waals surface area (Å²) in [6, 6.07) is 1.84. The van der Waals surface area contributed by atoms with Crippen LogP contribution in [-0.4, -0.2) is 5.78 Å². The molecule has 0 spiro atoms. The zero-order valence-electron chi connectivity index (χ0n) is 11.9. The maximum Gasteiger partial charge on any atom is 0.170 e. The van der Waals surface area contributed by atoms with Gasteiger partial charge in [-0.2, -0.15) is 5.26 Å². The van der Waals surface area contributed by atoms with Gasteiger partial charge in [-0.1, -0.05) is 27.2 Å². The molecule has 100 valence electrons. The van der Waals surface area contributed by atoms with Gasteiger partial charge < -0.3 is 0 Å². The Kier molecular flexibility index (Phi) is 7.19. The molecular weight excluding hydrogens is 229 g/mol. The first-order valence-corrected chi connectivity index (χ1v) is 6.41. The number of carbonyl (C=O) groups excluding carboxylic acids is 1. The van der Waals surface area contributed by atoms with Gasteiger partial charge in [-0.15, -0.1) is 0 Å². The quantitative estimate of drug-likeness (QED) is 0.396. The van der Waals surface area contributed by atoms with Crippen LogP contribution in [0, 0.1) is 17.2 Å². The van der Waals surface area contributed by atoms with Crippen LogP contribution in [0.15, 0.2) is 22.5 Å². The molecule has 18 heavy (non-hydrogen) atoms. The van der Waals surface area contributed by atoms with Crippen LogP contribution in [0.4, 0.5) is 4.39 Å². The van der Waals surface area contributed by atoms with Crippen LogP contribution >= 0.6 is 0 Å². The van der Waals surface area contributed by atoms with Crippen LogP contribution in [0.5, 0.6) is 0 Å². The molecule has 0 aliphatic heterocycles. The Morgan fingerprint density at radius 2 is 1.89 bits per heavy atom. The van der Waals surface area contributed by atoms with Crippen LogP contribution in [0.25, 0.3) is 0 Å². The Hall–Kier alpha value is -1.43. The molecule has 3 heteroatoms. The molecule has 0 saturated carbocycles. The van der Waals surface area contributed by atoms with Crippen LogP contribution in [0.3, 0.4) is 0 Å². The first kappa shape index (κ1) is 16.6. The summed E-state index contributed by atoms with van der Waals surface area (Å²) in [5.41, 5.74) is 0.845. The number of Topliss-reactive ketones (excluding diaryl/α,β-unsaturated/α-hetero) is 1. The molecule has 0 aliphatic rings. The fraction of sp³-hybridized carbons (Fsp3) is 0.600. The Balaban J connectivity index is 5.79. The van der Waals surface area contributed by atoms with Gasteiger partial charge in [-0.25, -0.2) is 4.39 Å². The predicted octanol–water partition coefficient (Wildman–Crippen LogP) is 4.49. The standard InChI is InChI=1S/C15H22FNO/c1-6-8-13(14(9-17)12(5)18)15(16)11(4)10(3)7-2/h10H,6-8H2,1-5H3. The summed E-state index contributed by atoms with van der Waals surface area (Å²) in [4.78, 5) is 11.4. The van der Waals surface area contributed by atoms with E-state index in [-0.39, 0.29) is 28.7 Å². The number of nitriles is 1. The van der Waals surface area contributed by atoms with Crippen molar-refractivity contribution in [2.75, 3.05) is 0 Å². The first-order chi connectivity index (χ1) is 8.40. The number of allylic oxidation sites excluding steroid dienone is 4. The fourth-order valence-corrected chi connectivity index (χ4v) is 1.71. The van der Waals surface area contributed by atoms with E-state index in [9.17, 15) is 9.18 Å². The molecule has 2 nitrogen and oxygen atoms in total. The maximum atomic E-state index is 14.4. The second kappa shape index (κ2) is 7.81. The lowest BCUT2D eigenvalue weighted by Crippen LogP contribution is -2.04. The molecule has 0 rings (SSSR count). The first-order valence-electron chi connectivity index (χ1n) is 6.41. The average Bonchev–Trinajstić information content (AvgIpc) is 2.35. The topological polar surface area (TPSA) is 40.9 Å². The third-order valence-corrected chi connectivity index (χ3v) is 3.23. The summed E-state index contributed by atoms with van der Waals surface area (Å²) in [5.74, 6) is -0.630. The highest BCUT2D eigenvalue weighted by molar-refractivity contribution is 5.98. The molecule has 0 aromatic heterocycles. The minimum absolute atomic E-state index is 0.0444. The third kappa shape index (κ3) is 4.10. The molecule has 0 saturated heterocycles. The largest absolute Gasteiger partial charge is 0.294 e. The molecule has 0 fully saturated rings. The van der Waals surface area contributed by atoms with E-state index in [4.69, 9.17) is 5.26 Å². The number of carbonyl (C=O) groups is 1. The Morgan fingerprint density at radius 3 is 2.22 bits per heavy atom. The molecule has 0 N–H and O–H groups in total. The van der Waals surface area contributed by atoms with Crippen molar-refractivity contribution in [3.63, 3.8) is 0 Å². The molecule has 0 aromatic carbocycles. The highest BCUT2D eigenvalue weighted by Gasteiger charge is 2.18. The van der Waals surface area contributed by atoms with Gasteiger partial charge in [0.2, 0.25) is 0 Å². The van der Waals surface area contributed by atoms with Crippen molar-refractivity contribution in [1.82, 2.24) is 0 Å². The van der Waals surface area contributed by atoms with Crippen molar-refractivity contribution < 1.29 is 9.18 Å². The number of ketones is 1. The maximum absolute atomic E-state index is 14.4. The van der Waals surface area contributed by atoms with E-state index >= 15 is 0 Å². The monoisotopic (exact) mass is 251 g/mol. The van der Waals surface area contributed by atoms with Crippen LogP contribution in [-0.2, 0) is 4.79 Å². The highest BCUT2D eigenvalue weighted by Crippen LogP contribution is 2.29. The van der Waals surface area contributed by atoms with Gasteiger partial charge in [0.05, 0.1) is 0 Å². The number of hydrogen-bond acceptors (Lipinski definition) is 2. The van der Waals surface area contributed by atoms with Gasteiger partial charge >= 0.3 is 0 Å². The lowest BCUT2D eigenvalue weighted by molar-refractivity contribution is -0.113. The van der Waals surface area contributed by atoms with Crippen LogP contribution in [0.1, 0.15) is 53.9 Å². The summed E-state index contributed by atoms with van der Waals surface area (Å²) in [5, 5.41) is 9.00. The molecule has 0 amide bonds. The molecule has 1 atom stereocenters. The third-order valence-electron chi connectivity index (χ3n) is 3.23. The average molecular weight is 251 g/mol.